The van der Waals surface area contributed by atoms with Gasteiger partial charge in [-0.1, -0.05) is 26.0 Å². The van der Waals surface area contributed by atoms with E-state index in [0.29, 0.717) is 11.2 Å². The molecule has 2 unspecified atom stereocenters. The van der Waals surface area contributed by atoms with E-state index in [2.05, 4.69) is 85.1 Å². The maximum absolute atomic E-state index is 5.83. The van der Waals surface area contributed by atoms with Gasteiger partial charge in [0.15, 0.2) is 0 Å². The van der Waals surface area contributed by atoms with Gasteiger partial charge in [0.05, 0.1) is 12.2 Å². The summed E-state index contributed by atoms with van der Waals surface area (Å²) >= 11 is 1.77. The molecule has 0 radical (unpaired) electrons. The van der Waals surface area contributed by atoms with Crippen molar-refractivity contribution in [3.63, 3.8) is 0 Å². The largest absolute Gasteiger partial charge is 0.384 e. The summed E-state index contributed by atoms with van der Waals surface area (Å²) in [5.41, 5.74) is 3.69. The van der Waals surface area contributed by atoms with E-state index in [-0.39, 0.29) is 12.2 Å². The van der Waals surface area contributed by atoms with Crippen LogP contribution in [-0.4, -0.2) is 37.1 Å². The van der Waals surface area contributed by atoms with Crippen LogP contribution in [0.2, 0.25) is 0 Å². The summed E-state index contributed by atoms with van der Waals surface area (Å²) in [5, 5.41) is 4.17. The minimum absolute atomic E-state index is 0.288. The Morgan fingerprint density at radius 1 is 1.15 bits per heavy atom. The lowest BCUT2D eigenvalue weighted by Crippen LogP contribution is -2.45. The number of allylic oxidation sites excluding steroid dienone is 2. The number of morpholine rings is 1. The van der Waals surface area contributed by atoms with Crippen molar-refractivity contribution in [3.05, 3.63) is 48.2 Å². The van der Waals surface area contributed by atoms with Crippen molar-refractivity contribution < 1.29 is 4.74 Å². The maximum Gasteiger partial charge on any atom is 0.0726 e. The Morgan fingerprint density at radius 2 is 1.85 bits per heavy atom. The second-order valence-electron chi connectivity index (χ2n) is 7.87. The van der Waals surface area contributed by atoms with Gasteiger partial charge in [-0.2, -0.15) is 0 Å². The zero-order valence-electron chi connectivity index (χ0n) is 16.9. The van der Waals surface area contributed by atoms with E-state index in [0.717, 1.165) is 26.1 Å². The van der Waals surface area contributed by atoms with Crippen LogP contribution in [0.4, 0.5) is 11.4 Å². The van der Waals surface area contributed by atoms with E-state index in [1.807, 2.05) is 0 Å². The zero-order chi connectivity index (χ0) is 19.2. The normalized spacial score (nSPS) is 25.4. The first-order chi connectivity index (χ1) is 13.0. The standard InChI is InChI=1S/C22H33N3OS/c1-16(2)27-24-21-7-5-19(6-8-21)13-23-20-9-11-22(12-10-20)25-14-17(3)26-18(4)15-25/h5,7-12,16-19,23-24H,6,13-15H2,1-4H3/t17?,18?,19-/m1/s1. The van der Waals surface area contributed by atoms with Gasteiger partial charge in [0.25, 0.3) is 0 Å². The monoisotopic (exact) mass is 387 g/mol. The lowest BCUT2D eigenvalue weighted by molar-refractivity contribution is -0.00521. The van der Waals surface area contributed by atoms with Gasteiger partial charge < -0.3 is 19.7 Å². The van der Waals surface area contributed by atoms with E-state index >= 15 is 0 Å². The van der Waals surface area contributed by atoms with Crippen molar-refractivity contribution in [2.24, 2.45) is 5.92 Å². The quantitative estimate of drug-likeness (QED) is 0.656. The van der Waals surface area contributed by atoms with Gasteiger partial charge in [-0.25, -0.2) is 0 Å². The molecule has 27 heavy (non-hydrogen) atoms. The number of benzene rings is 1. The zero-order valence-corrected chi connectivity index (χ0v) is 17.8. The van der Waals surface area contributed by atoms with Crippen molar-refractivity contribution in [3.8, 4) is 0 Å². The third-order valence-electron chi connectivity index (χ3n) is 4.82. The van der Waals surface area contributed by atoms with Crippen molar-refractivity contribution in [2.75, 3.05) is 29.9 Å². The summed E-state index contributed by atoms with van der Waals surface area (Å²) < 4.78 is 9.25. The first-order valence-electron chi connectivity index (χ1n) is 10.0. The minimum Gasteiger partial charge on any atom is -0.384 e. The molecule has 1 heterocycles. The molecule has 2 aliphatic rings. The minimum atomic E-state index is 0.288. The van der Waals surface area contributed by atoms with Crippen LogP contribution in [0.5, 0.6) is 0 Å². The molecule has 1 aromatic rings. The molecule has 3 rings (SSSR count). The van der Waals surface area contributed by atoms with Crippen LogP contribution in [0.3, 0.4) is 0 Å². The molecule has 2 N–H and O–H groups in total. The molecule has 0 bridgehead atoms. The molecule has 5 heteroatoms. The Balaban J connectivity index is 1.45. The highest BCUT2D eigenvalue weighted by Gasteiger charge is 2.22. The van der Waals surface area contributed by atoms with Crippen molar-refractivity contribution in [1.29, 1.82) is 0 Å². The van der Waals surface area contributed by atoms with Crippen molar-refractivity contribution in [2.45, 2.75) is 51.6 Å². The third kappa shape index (κ3) is 6.22. The van der Waals surface area contributed by atoms with Gasteiger partial charge in [0.2, 0.25) is 0 Å². The fourth-order valence-corrected chi connectivity index (χ4v) is 4.03. The highest BCUT2D eigenvalue weighted by Crippen LogP contribution is 2.23. The molecule has 0 spiro atoms. The second kappa shape index (κ2) is 9.56. The van der Waals surface area contributed by atoms with Gasteiger partial charge in [-0.05, 0) is 68.5 Å². The molecule has 1 saturated heterocycles. The summed E-state index contributed by atoms with van der Waals surface area (Å²) in [6.45, 7) is 11.6. The Bertz CT molecular complexity index is 646. The van der Waals surface area contributed by atoms with Gasteiger partial charge >= 0.3 is 0 Å². The molecular weight excluding hydrogens is 354 g/mol. The Morgan fingerprint density at radius 3 is 2.44 bits per heavy atom. The van der Waals surface area contributed by atoms with Crippen LogP contribution in [0.15, 0.2) is 48.2 Å². The number of rotatable bonds is 7. The number of hydrogen-bond acceptors (Lipinski definition) is 5. The van der Waals surface area contributed by atoms with Gasteiger partial charge in [0.1, 0.15) is 0 Å². The maximum atomic E-state index is 5.83. The molecule has 4 nitrogen and oxygen atoms in total. The molecule has 0 saturated carbocycles. The lowest BCUT2D eigenvalue weighted by Gasteiger charge is -2.36. The van der Waals surface area contributed by atoms with Crippen LogP contribution in [0, 0.1) is 5.92 Å². The second-order valence-corrected chi connectivity index (χ2v) is 9.26. The molecule has 1 aliphatic heterocycles. The predicted octanol–water partition coefficient (Wildman–Crippen LogP) is 4.82. The summed E-state index contributed by atoms with van der Waals surface area (Å²) in [6.07, 6.45) is 8.46. The van der Waals surface area contributed by atoms with E-state index in [1.54, 1.807) is 11.9 Å². The van der Waals surface area contributed by atoms with Gasteiger partial charge in [-0.3, -0.25) is 0 Å². The fourth-order valence-electron chi connectivity index (χ4n) is 3.51. The summed E-state index contributed by atoms with van der Waals surface area (Å²) in [4.78, 5) is 2.42. The molecular formula is C22H33N3OS. The summed E-state index contributed by atoms with van der Waals surface area (Å²) in [6, 6.07) is 8.81. The van der Waals surface area contributed by atoms with E-state index < -0.39 is 0 Å². The highest BCUT2D eigenvalue weighted by molar-refractivity contribution is 7.98. The SMILES string of the molecule is CC1CN(c2ccc(NC[C@@H]3C=CC(NSC(C)C)=CC3)cc2)CC(C)O1. The van der Waals surface area contributed by atoms with E-state index in [4.69, 9.17) is 4.74 Å². The molecule has 3 atom stereocenters. The van der Waals surface area contributed by atoms with Crippen LogP contribution in [0.25, 0.3) is 0 Å². The predicted molar refractivity (Wildman–Crippen MR) is 118 cm³/mol. The molecule has 0 amide bonds. The number of nitrogens with one attached hydrogen (secondary N) is 2. The summed E-state index contributed by atoms with van der Waals surface area (Å²) in [5.74, 6) is 0.542. The Hall–Kier alpha value is -1.59. The molecule has 1 fully saturated rings. The molecule has 0 aromatic heterocycles. The van der Waals surface area contributed by atoms with Crippen molar-refractivity contribution >= 4 is 23.3 Å². The van der Waals surface area contributed by atoms with E-state index in [9.17, 15) is 0 Å². The lowest BCUT2D eigenvalue weighted by atomic mass is 9.99. The number of hydrogen-bond donors (Lipinski definition) is 2. The van der Waals surface area contributed by atoms with Crippen LogP contribution < -0.4 is 14.9 Å². The van der Waals surface area contributed by atoms with Crippen LogP contribution >= 0.6 is 11.9 Å². The summed E-state index contributed by atoms with van der Waals surface area (Å²) in [7, 11) is 0. The number of nitrogens with zero attached hydrogens (tertiary/aromatic N) is 1. The highest BCUT2D eigenvalue weighted by atomic mass is 32.2. The fraction of sp³-hybridized carbons (Fsp3) is 0.545. The average Bonchev–Trinajstić information content (AvgIpc) is 2.65. The first-order valence-corrected chi connectivity index (χ1v) is 10.9. The average molecular weight is 388 g/mol. The topological polar surface area (TPSA) is 36.5 Å². The number of anilines is 2. The van der Waals surface area contributed by atoms with Gasteiger partial charge in [-0.15, -0.1) is 0 Å². The first kappa shape index (κ1) is 20.2. The molecule has 148 valence electrons. The Labute approximate surface area is 168 Å². The van der Waals surface area contributed by atoms with Crippen LogP contribution in [-0.2, 0) is 4.74 Å². The van der Waals surface area contributed by atoms with Crippen molar-refractivity contribution in [1.82, 2.24) is 4.72 Å². The molecule has 1 aliphatic carbocycles. The van der Waals surface area contributed by atoms with Crippen LogP contribution in [0.1, 0.15) is 34.1 Å². The van der Waals surface area contributed by atoms with Gasteiger partial charge in [0, 0.05) is 42.0 Å². The number of ether oxygens (including phenoxy) is 1. The van der Waals surface area contributed by atoms with E-state index in [1.165, 1.54) is 17.1 Å². The third-order valence-corrected chi connectivity index (χ3v) is 5.65. The smallest absolute Gasteiger partial charge is 0.0726 e. The molecule has 1 aromatic carbocycles. The Kier molecular flexibility index (Phi) is 7.13.